The Morgan fingerprint density at radius 2 is 2.00 bits per heavy atom. The number of nitrogens with zero attached hydrogens (tertiary/aromatic N) is 3. The Morgan fingerprint density at radius 3 is 2.66 bits per heavy atom. The number of thioether (sulfide) groups is 1. The van der Waals surface area contributed by atoms with Crippen LogP contribution in [-0.2, 0) is 9.59 Å². The van der Waals surface area contributed by atoms with E-state index in [1.165, 1.54) is 11.8 Å². The molecule has 1 aromatic rings. The van der Waals surface area contributed by atoms with Crippen LogP contribution in [0.5, 0.6) is 0 Å². The van der Waals surface area contributed by atoms with Gasteiger partial charge >= 0.3 is 0 Å². The summed E-state index contributed by atoms with van der Waals surface area (Å²) in [4.78, 5) is 28.8. The van der Waals surface area contributed by atoms with Crippen molar-refractivity contribution in [3.8, 4) is 6.07 Å². The molecule has 32 heavy (non-hydrogen) atoms. The van der Waals surface area contributed by atoms with Crippen LogP contribution in [0.2, 0.25) is 0 Å². The van der Waals surface area contributed by atoms with E-state index in [4.69, 9.17) is 0 Å². The van der Waals surface area contributed by atoms with Gasteiger partial charge in [-0.2, -0.15) is 5.26 Å². The SMILES string of the molecule is CCN(C)C(=O)C(C=CNc1cccc(NC(=O)CN2CCCC2)c1)SCC(C)(C)C#N. The van der Waals surface area contributed by atoms with Crippen LogP contribution < -0.4 is 10.6 Å². The van der Waals surface area contributed by atoms with Crippen LogP contribution in [0, 0.1) is 16.7 Å². The Morgan fingerprint density at radius 1 is 1.31 bits per heavy atom. The Labute approximate surface area is 196 Å². The summed E-state index contributed by atoms with van der Waals surface area (Å²) >= 11 is 1.46. The van der Waals surface area contributed by atoms with Gasteiger partial charge < -0.3 is 15.5 Å². The van der Waals surface area contributed by atoms with Gasteiger partial charge in [0.15, 0.2) is 0 Å². The van der Waals surface area contributed by atoms with E-state index in [1.807, 2.05) is 51.1 Å². The van der Waals surface area contributed by atoms with E-state index in [1.54, 1.807) is 18.1 Å². The zero-order valence-corrected chi connectivity index (χ0v) is 20.4. The zero-order valence-electron chi connectivity index (χ0n) is 19.6. The number of anilines is 2. The number of nitriles is 1. The molecule has 0 aliphatic carbocycles. The second kappa shape index (κ2) is 12.5. The normalized spacial score (nSPS) is 15.3. The highest BCUT2D eigenvalue weighted by molar-refractivity contribution is 8.00. The van der Waals surface area contributed by atoms with Crippen LogP contribution in [0.15, 0.2) is 36.5 Å². The summed E-state index contributed by atoms with van der Waals surface area (Å²) in [7, 11) is 1.78. The maximum Gasteiger partial charge on any atom is 0.239 e. The first-order valence-corrected chi connectivity index (χ1v) is 12.1. The minimum Gasteiger partial charge on any atom is -0.362 e. The average Bonchev–Trinajstić information content (AvgIpc) is 3.28. The zero-order chi connectivity index (χ0) is 23.6. The lowest BCUT2D eigenvalue weighted by Crippen LogP contribution is -2.34. The number of carbonyl (C=O) groups excluding carboxylic acids is 2. The van der Waals surface area contributed by atoms with Crippen molar-refractivity contribution in [2.75, 3.05) is 49.6 Å². The van der Waals surface area contributed by atoms with Gasteiger partial charge in [0, 0.05) is 30.7 Å². The fourth-order valence-electron chi connectivity index (χ4n) is 3.18. The first-order valence-electron chi connectivity index (χ1n) is 11.1. The number of likely N-dealkylation sites (tertiary alicyclic amines) is 1. The smallest absolute Gasteiger partial charge is 0.239 e. The minimum absolute atomic E-state index is 0.00668. The molecule has 2 rings (SSSR count). The van der Waals surface area contributed by atoms with Gasteiger partial charge in [-0.25, -0.2) is 0 Å². The molecule has 0 saturated carbocycles. The van der Waals surface area contributed by atoms with Gasteiger partial charge in [-0.05, 0) is 77.2 Å². The lowest BCUT2D eigenvalue weighted by molar-refractivity contribution is -0.128. The number of rotatable bonds is 11. The minimum atomic E-state index is -0.503. The third-order valence-electron chi connectivity index (χ3n) is 5.25. The predicted molar refractivity (Wildman–Crippen MR) is 132 cm³/mol. The molecule has 2 N–H and O–H groups in total. The van der Waals surface area contributed by atoms with Crippen molar-refractivity contribution in [2.24, 2.45) is 5.41 Å². The maximum atomic E-state index is 12.7. The van der Waals surface area contributed by atoms with Crippen LogP contribution >= 0.6 is 11.8 Å². The van der Waals surface area contributed by atoms with Gasteiger partial charge in [-0.3, -0.25) is 14.5 Å². The van der Waals surface area contributed by atoms with Crippen molar-refractivity contribution in [3.63, 3.8) is 0 Å². The van der Waals surface area contributed by atoms with Crippen LogP contribution in [-0.4, -0.2) is 65.8 Å². The Hall–Kier alpha value is -2.50. The summed E-state index contributed by atoms with van der Waals surface area (Å²) in [5.74, 6) is 0.553. The van der Waals surface area contributed by atoms with Crippen molar-refractivity contribution in [3.05, 3.63) is 36.5 Å². The number of carbonyl (C=O) groups is 2. The Bertz CT molecular complexity index is 843. The highest BCUT2D eigenvalue weighted by atomic mass is 32.2. The van der Waals surface area contributed by atoms with Gasteiger partial charge in [-0.15, -0.1) is 11.8 Å². The summed E-state index contributed by atoms with van der Waals surface area (Å²) < 4.78 is 0. The standard InChI is InChI=1S/C24H35N5O2S/c1-5-28(4)23(31)21(32-18-24(2,3)17-25)11-12-26-19-9-8-10-20(15-19)27-22(30)16-29-13-6-7-14-29/h8-12,15,21,26H,5-7,13-14,16,18H2,1-4H3,(H,27,30). The number of nitrogens with one attached hydrogen (secondary N) is 2. The van der Waals surface area contributed by atoms with Gasteiger partial charge in [0.05, 0.1) is 18.0 Å². The van der Waals surface area contributed by atoms with Crippen LogP contribution in [0.25, 0.3) is 0 Å². The molecule has 0 radical (unpaired) electrons. The van der Waals surface area contributed by atoms with E-state index in [0.29, 0.717) is 18.8 Å². The molecule has 2 amide bonds. The van der Waals surface area contributed by atoms with Crippen LogP contribution in [0.1, 0.15) is 33.6 Å². The summed E-state index contributed by atoms with van der Waals surface area (Å²) in [6.07, 6.45) is 5.89. The largest absolute Gasteiger partial charge is 0.362 e. The van der Waals surface area contributed by atoms with E-state index < -0.39 is 5.41 Å². The Balaban J connectivity index is 1.97. The van der Waals surface area contributed by atoms with E-state index in [-0.39, 0.29) is 17.1 Å². The lowest BCUT2D eigenvalue weighted by atomic mass is 10.00. The fourth-order valence-corrected chi connectivity index (χ4v) is 4.35. The molecule has 1 aliphatic heterocycles. The highest BCUT2D eigenvalue weighted by Gasteiger charge is 2.24. The van der Waals surface area contributed by atoms with E-state index in [2.05, 4.69) is 21.6 Å². The molecular weight excluding hydrogens is 422 g/mol. The summed E-state index contributed by atoms with van der Waals surface area (Å²) in [5.41, 5.74) is 1.05. The summed E-state index contributed by atoms with van der Waals surface area (Å²) in [6, 6.07) is 9.79. The molecule has 1 aliphatic rings. The topological polar surface area (TPSA) is 88.5 Å². The Kier molecular flexibility index (Phi) is 10.1. The third kappa shape index (κ3) is 8.56. The van der Waals surface area contributed by atoms with Crippen molar-refractivity contribution in [1.29, 1.82) is 5.26 Å². The molecular formula is C24H35N5O2S. The second-order valence-electron chi connectivity index (χ2n) is 8.70. The average molecular weight is 458 g/mol. The van der Waals surface area contributed by atoms with E-state index in [9.17, 15) is 14.9 Å². The molecule has 174 valence electrons. The molecule has 1 fully saturated rings. The molecule has 1 atom stereocenters. The van der Waals surface area contributed by atoms with Gasteiger partial charge in [0.25, 0.3) is 0 Å². The van der Waals surface area contributed by atoms with Crippen molar-refractivity contribution in [1.82, 2.24) is 9.80 Å². The second-order valence-corrected chi connectivity index (χ2v) is 9.83. The number of hydrogen-bond acceptors (Lipinski definition) is 6. The molecule has 8 heteroatoms. The van der Waals surface area contributed by atoms with Crippen molar-refractivity contribution < 1.29 is 9.59 Å². The molecule has 7 nitrogen and oxygen atoms in total. The summed E-state index contributed by atoms with van der Waals surface area (Å²) in [5, 5.41) is 15.0. The number of amides is 2. The van der Waals surface area contributed by atoms with Gasteiger partial charge in [0.2, 0.25) is 11.8 Å². The van der Waals surface area contributed by atoms with Crippen LogP contribution in [0.3, 0.4) is 0 Å². The quantitative estimate of drug-likeness (QED) is 0.526. The molecule has 1 unspecified atom stereocenters. The fraction of sp³-hybridized carbons (Fsp3) is 0.542. The number of benzene rings is 1. The first-order chi connectivity index (χ1) is 15.2. The molecule has 0 aromatic heterocycles. The lowest BCUT2D eigenvalue weighted by Gasteiger charge is -2.22. The first kappa shape index (κ1) is 25.8. The van der Waals surface area contributed by atoms with Crippen LogP contribution in [0.4, 0.5) is 11.4 Å². The predicted octanol–water partition coefficient (Wildman–Crippen LogP) is 3.78. The molecule has 1 heterocycles. The summed E-state index contributed by atoms with van der Waals surface area (Å²) in [6.45, 7) is 8.69. The van der Waals surface area contributed by atoms with Crippen molar-refractivity contribution >= 4 is 35.0 Å². The molecule has 1 saturated heterocycles. The van der Waals surface area contributed by atoms with E-state index >= 15 is 0 Å². The molecule has 1 aromatic carbocycles. The van der Waals surface area contributed by atoms with E-state index in [0.717, 1.165) is 37.3 Å². The monoisotopic (exact) mass is 457 g/mol. The molecule has 0 bridgehead atoms. The molecule has 0 spiro atoms. The van der Waals surface area contributed by atoms with Gasteiger partial charge in [0.1, 0.15) is 5.25 Å². The van der Waals surface area contributed by atoms with Gasteiger partial charge in [-0.1, -0.05) is 6.07 Å². The third-order valence-corrected chi connectivity index (χ3v) is 6.86. The number of hydrogen-bond donors (Lipinski definition) is 2. The maximum absolute atomic E-state index is 12.7. The highest BCUT2D eigenvalue weighted by Crippen LogP contribution is 2.26. The van der Waals surface area contributed by atoms with Crippen molar-refractivity contribution in [2.45, 2.75) is 38.9 Å².